The van der Waals surface area contributed by atoms with Gasteiger partial charge in [0.15, 0.2) is 0 Å². The van der Waals surface area contributed by atoms with Gasteiger partial charge in [-0.3, -0.25) is 24.0 Å². The maximum Gasteiger partial charge on any atom is 0.261 e. The number of carbonyl (C=O) groups is 3. The Morgan fingerprint density at radius 1 is 1.15 bits per heavy atom. The van der Waals surface area contributed by atoms with Gasteiger partial charge < -0.3 is 10.2 Å². The molecule has 0 bridgehead atoms. The number of carbonyl (C=O) groups excluding carboxylic acids is 3. The number of aromatic nitrogens is 2. The van der Waals surface area contributed by atoms with Crippen LogP contribution in [0.15, 0.2) is 30.6 Å². The first-order valence-corrected chi connectivity index (χ1v) is 8.79. The van der Waals surface area contributed by atoms with Crippen LogP contribution in [-0.2, 0) is 11.3 Å². The molecule has 0 atom stereocenters. The van der Waals surface area contributed by atoms with Crippen molar-refractivity contribution in [2.45, 2.75) is 19.9 Å². The van der Waals surface area contributed by atoms with Gasteiger partial charge in [-0.2, -0.15) is 5.10 Å². The maximum atomic E-state index is 12.4. The number of fused-ring (bicyclic) bond motifs is 1. The summed E-state index contributed by atoms with van der Waals surface area (Å²) in [6.07, 6.45) is 3.37. The van der Waals surface area contributed by atoms with Crippen molar-refractivity contribution in [1.82, 2.24) is 19.6 Å². The van der Waals surface area contributed by atoms with Gasteiger partial charge in [0.2, 0.25) is 5.91 Å². The summed E-state index contributed by atoms with van der Waals surface area (Å²) in [4.78, 5) is 40.1. The van der Waals surface area contributed by atoms with E-state index in [1.807, 2.05) is 25.9 Å². The minimum atomic E-state index is -0.348. The number of amides is 3. The number of hydrogen-bond donors (Lipinski definition) is 1. The molecule has 1 aromatic carbocycles. The lowest BCUT2D eigenvalue weighted by Crippen LogP contribution is -2.32. The average molecular weight is 369 g/mol. The standard InChI is InChI=1S/C19H23N5O3/c1-13-4-5-15-16(10-13)19(27)24(18(15)26)7-6-17(25)21-14-11-20-23(12-14)9-8-22(2)3/h4-5,10-12H,6-9H2,1-3H3,(H,21,25). The fraction of sp³-hybridized carbons (Fsp3) is 0.368. The summed E-state index contributed by atoms with van der Waals surface area (Å²) in [5, 5.41) is 6.94. The Morgan fingerprint density at radius 2 is 1.89 bits per heavy atom. The number of hydrogen-bond acceptors (Lipinski definition) is 5. The molecule has 27 heavy (non-hydrogen) atoms. The zero-order valence-corrected chi connectivity index (χ0v) is 15.7. The van der Waals surface area contributed by atoms with Crippen molar-refractivity contribution in [3.63, 3.8) is 0 Å². The summed E-state index contributed by atoms with van der Waals surface area (Å²) < 4.78 is 1.75. The second kappa shape index (κ2) is 7.71. The van der Waals surface area contributed by atoms with Gasteiger partial charge in [0.05, 0.1) is 29.6 Å². The van der Waals surface area contributed by atoms with Crippen LogP contribution in [0.25, 0.3) is 0 Å². The molecule has 3 amide bonds. The zero-order valence-electron chi connectivity index (χ0n) is 15.7. The number of benzene rings is 1. The first-order chi connectivity index (χ1) is 12.8. The summed E-state index contributed by atoms with van der Waals surface area (Å²) in [5.41, 5.74) is 2.31. The smallest absolute Gasteiger partial charge is 0.261 e. The van der Waals surface area contributed by atoms with E-state index >= 15 is 0 Å². The number of aryl methyl sites for hydroxylation is 1. The normalized spacial score (nSPS) is 13.4. The van der Waals surface area contributed by atoms with Crippen LogP contribution in [0.3, 0.4) is 0 Å². The molecule has 0 fully saturated rings. The molecular weight excluding hydrogens is 346 g/mol. The Kier molecular flexibility index (Phi) is 5.36. The summed E-state index contributed by atoms with van der Waals surface area (Å²) in [6.45, 7) is 3.48. The van der Waals surface area contributed by atoms with E-state index in [1.54, 1.807) is 35.3 Å². The molecule has 8 heteroatoms. The van der Waals surface area contributed by atoms with Crippen LogP contribution < -0.4 is 5.32 Å². The van der Waals surface area contributed by atoms with Crippen LogP contribution in [0.1, 0.15) is 32.7 Å². The van der Waals surface area contributed by atoms with Gasteiger partial charge >= 0.3 is 0 Å². The molecule has 1 aliphatic heterocycles. The highest BCUT2D eigenvalue weighted by Gasteiger charge is 2.35. The Balaban J connectivity index is 1.54. The van der Waals surface area contributed by atoms with Crippen molar-refractivity contribution in [2.24, 2.45) is 0 Å². The molecule has 0 radical (unpaired) electrons. The number of nitrogens with one attached hydrogen (secondary N) is 1. The van der Waals surface area contributed by atoms with E-state index in [-0.39, 0.29) is 30.7 Å². The SMILES string of the molecule is Cc1ccc2c(c1)C(=O)N(CCC(=O)Nc1cnn(CCN(C)C)c1)C2=O. The topological polar surface area (TPSA) is 87.5 Å². The van der Waals surface area contributed by atoms with Crippen LogP contribution in [0.5, 0.6) is 0 Å². The molecular formula is C19H23N5O3. The monoisotopic (exact) mass is 369 g/mol. The van der Waals surface area contributed by atoms with E-state index in [9.17, 15) is 14.4 Å². The van der Waals surface area contributed by atoms with Crippen LogP contribution in [0.4, 0.5) is 5.69 Å². The molecule has 1 aliphatic rings. The first kappa shape index (κ1) is 18.8. The lowest BCUT2D eigenvalue weighted by molar-refractivity contribution is -0.116. The quantitative estimate of drug-likeness (QED) is 0.745. The third-order valence-corrected chi connectivity index (χ3v) is 4.38. The lowest BCUT2D eigenvalue weighted by atomic mass is 10.1. The molecule has 3 rings (SSSR count). The highest BCUT2D eigenvalue weighted by Crippen LogP contribution is 2.24. The molecule has 0 spiro atoms. The van der Waals surface area contributed by atoms with Crippen LogP contribution in [0.2, 0.25) is 0 Å². The zero-order chi connectivity index (χ0) is 19.6. The van der Waals surface area contributed by atoms with Gasteiger partial charge in [-0.1, -0.05) is 11.6 Å². The maximum absolute atomic E-state index is 12.4. The second-order valence-corrected chi connectivity index (χ2v) is 6.90. The fourth-order valence-electron chi connectivity index (χ4n) is 2.90. The van der Waals surface area contributed by atoms with Crippen LogP contribution >= 0.6 is 0 Å². The van der Waals surface area contributed by atoms with Crippen molar-refractivity contribution in [3.05, 3.63) is 47.3 Å². The first-order valence-electron chi connectivity index (χ1n) is 8.79. The van der Waals surface area contributed by atoms with Gasteiger partial charge in [-0.15, -0.1) is 0 Å². The van der Waals surface area contributed by atoms with E-state index in [2.05, 4.69) is 10.4 Å². The second-order valence-electron chi connectivity index (χ2n) is 6.90. The molecule has 1 N–H and O–H groups in total. The largest absolute Gasteiger partial charge is 0.323 e. The molecule has 0 aliphatic carbocycles. The van der Waals surface area contributed by atoms with Gasteiger partial charge in [-0.05, 0) is 33.2 Å². The molecule has 142 valence electrons. The Bertz CT molecular complexity index is 887. The number of rotatable bonds is 7. The number of likely N-dealkylation sites (N-methyl/N-ethyl adjacent to an activating group) is 1. The average Bonchev–Trinajstić information content (AvgIpc) is 3.15. The van der Waals surface area contributed by atoms with E-state index in [0.29, 0.717) is 16.8 Å². The predicted octanol–water partition coefficient (Wildman–Crippen LogP) is 1.38. The third-order valence-electron chi connectivity index (χ3n) is 4.38. The number of anilines is 1. The summed E-state index contributed by atoms with van der Waals surface area (Å²) in [5.74, 6) is -0.961. The van der Waals surface area contributed by atoms with E-state index in [4.69, 9.17) is 0 Å². The van der Waals surface area contributed by atoms with Crippen molar-refractivity contribution >= 4 is 23.4 Å². The molecule has 2 heterocycles. The van der Waals surface area contributed by atoms with Gasteiger partial charge in [0.1, 0.15) is 0 Å². The van der Waals surface area contributed by atoms with Gasteiger partial charge in [0.25, 0.3) is 11.8 Å². The van der Waals surface area contributed by atoms with Crippen LogP contribution in [-0.4, -0.2) is 64.5 Å². The minimum absolute atomic E-state index is 0.0350. The van der Waals surface area contributed by atoms with Crippen molar-refractivity contribution in [1.29, 1.82) is 0 Å². The summed E-state index contributed by atoms with van der Waals surface area (Å²) >= 11 is 0. The molecule has 0 unspecified atom stereocenters. The Morgan fingerprint density at radius 3 is 2.63 bits per heavy atom. The van der Waals surface area contributed by atoms with Gasteiger partial charge in [-0.25, -0.2) is 0 Å². The third kappa shape index (κ3) is 4.22. The molecule has 0 saturated heterocycles. The molecule has 8 nitrogen and oxygen atoms in total. The number of imide groups is 1. The van der Waals surface area contributed by atoms with Gasteiger partial charge in [0, 0.05) is 25.7 Å². The van der Waals surface area contributed by atoms with Crippen molar-refractivity contribution in [3.8, 4) is 0 Å². The van der Waals surface area contributed by atoms with E-state index in [0.717, 1.165) is 23.6 Å². The predicted molar refractivity (Wildman–Crippen MR) is 101 cm³/mol. The summed E-state index contributed by atoms with van der Waals surface area (Å²) in [6, 6.07) is 5.17. The molecule has 2 aromatic rings. The number of nitrogens with zero attached hydrogens (tertiary/aromatic N) is 4. The Labute approximate surface area is 157 Å². The summed E-state index contributed by atoms with van der Waals surface area (Å²) in [7, 11) is 3.96. The molecule has 1 aromatic heterocycles. The van der Waals surface area contributed by atoms with E-state index < -0.39 is 0 Å². The Hall–Kier alpha value is -3.00. The molecule has 0 saturated carbocycles. The fourth-order valence-corrected chi connectivity index (χ4v) is 2.90. The lowest BCUT2D eigenvalue weighted by Gasteiger charge is -2.13. The van der Waals surface area contributed by atoms with Crippen molar-refractivity contribution < 1.29 is 14.4 Å². The van der Waals surface area contributed by atoms with Crippen LogP contribution in [0, 0.1) is 6.92 Å². The highest BCUT2D eigenvalue weighted by atomic mass is 16.2. The minimum Gasteiger partial charge on any atom is -0.323 e. The highest BCUT2D eigenvalue weighted by molar-refractivity contribution is 6.21. The van der Waals surface area contributed by atoms with E-state index in [1.165, 1.54) is 0 Å². The van der Waals surface area contributed by atoms with Crippen molar-refractivity contribution in [2.75, 3.05) is 32.5 Å².